The van der Waals surface area contributed by atoms with E-state index in [0.717, 1.165) is 105 Å². The van der Waals surface area contributed by atoms with Crippen LogP contribution >= 0.6 is 11.3 Å². The van der Waals surface area contributed by atoms with Gasteiger partial charge in [-0.2, -0.15) is 0 Å². The smallest absolute Gasteiger partial charge is 0.328 e. The molecule has 0 aliphatic carbocycles. The molecule has 3 aromatic carbocycles. The Hall–Kier alpha value is -5.59. The van der Waals surface area contributed by atoms with Crippen molar-refractivity contribution in [2.24, 2.45) is 5.92 Å². The van der Waals surface area contributed by atoms with E-state index >= 15 is 0 Å². The second-order valence-electron chi connectivity index (χ2n) is 16.2. The van der Waals surface area contributed by atoms with Crippen molar-refractivity contribution in [3.63, 3.8) is 0 Å². The summed E-state index contributed by atoms with van der Waals surface area (Å²) in [6.45, 7) is 8.54. The molecular weight excluding hydrogens is 733 g/mol. The van der Waals surface area contributed by atoms with E-state index in [1.54, 1.807) is 11.1 Å². The summed E-state index contributed by atoms with van der Waals surface area (Å²) in [5.41, 5.74) is 7.24. The third-order valence-corrected chi connectivity index (χ3v) is 13.7. The van der Waals surface area contributed by atoms with Crippen LogP contribution in [0.4, 0.5) is 21.9 Å². The molecule has 7 heterocycles. The first-order valence-corrected chi connectivity index (χ1v) is 21.1. The molecule has 0 unspecified atom stereocenters. The zero-order valence-electron chi connectivity index (χ0n) is 32.1. The second-order valence-corrected chi connectivity index (χ2v) is 17.2. The molecule has 0 spiro atoms. The summed E-state index contributed by atoms with van der Waals surface area (Å²) < 4.78 is 1.09. The Morgan fingerprint density at radius 3 is 2.46 bits per heavy atom. The maximum absolute atomic E-state index is 12.9. The number of pyridine rings is 2. The fourth-order valence-electron chi connectivity index (χ4n) is 9.46. The molecular formula is C45H46N8O3S. The number of nitrogens with zero attached hydrogens (tertiary/aromatic N) is 5. The van der Waals surface area contributed by atoms with Crippen molar-refractivity contribution in [3.8, 4) is 11.3 Å². The van der Waals surface area contributed by atoms with Crippen LogP contribution < -0.4 is 25.8 Å². The van der Waals surface area contributed by atoms with Crippen LogP contribution in [0.5, 0.6) is 0 Å². The van der Waals surface area contributed by atoms with Gasteiger partial charge in [0.1, 0.15) is 4.88 Å². The van der Waals surface area contributed by atoms with Crippen molar-refractivity contribution < 1.29 is 14.4 Å². The number of carbonyl (C=O) groups is 3. The highest BCUT2D eigenvalue weighted by Gasteiger charge is 2.29. The Labute approximate surface area is 335 Å². The maximum Gasteiger partial charge on any atom is 0.328 e. The molecule has 57 heavy (non-hydrogen) atoms. The normalized spacial score (nSPS) is 20.1. The number of imide groups is 1. The maximum atomic E-state index is 12.9. The number of carbonyl (C=O) groups excluding carboxylic acids is 3. The number of hydrogen-bond donors (Lipinski definition) is 3. The fourth-order valence-corrected chi connectivity index (χ4v) is 10.6. The molecule has 4 aliphatic rings. The van der Waals surface area contributed by atoms with Crippen molar-refractivity contribution in [2.45, 2.75) is 51.0 Å². The van der Waals surface area contributed by atoms with Gasteiger partial charge in [-0.1, -0.05) is 30.3 Å². The van der Waals surface area contributed by atoms with Crippen LogP contribution in [-0.4, -0.2) is 84.6 Å². The SMILES string of the molecule is C[C@@H]1CNc2c(sc3ccc4nc(-c5ccc(N6CCC(CN7CCC(c8cccc9c(N%10CCC(=O)NC%10=O)cncc89)CC7)CC6)cc5)ccc4c23)C(=O)N1. The summed E-state index contributed by atoms with van der Waals surface area (Å²) in [4.78, 5) is 54.4. The Kier molecular flexibility index (Phi) is 9.25. The molecule has 4 amide bonds. The number of benzene rings is 3. The minimum Gasteiger partial charge on any atom is -0.381 e. The van der Waals surface area contributed by atoms with Gasteiger partial charge in [0, 0.05) is 88.9 Å². The van der Waals surface area contributed by atoms with Crippen molar-refractivity contribution >= 4 is 78.0 Å². The lowest BCUT2D eigenvalue weighted by Crippen LogP contribution is -2.49. The molecule has 0 saturated carbocycles. The van der Waals surface area contributed by atoms with Crippen LogP contribution in [0.3, 0.4) is 0 Å². The number of amides is 4. The van der Waals surface area contributed by atoms with Gasteiger partial charge in [-0.05, 0) is 99.5 Å². The van der Waals surface area contributed by atoms with Gasteiger partial charge in [0.2, 0.25) is 5.91 Å². The lowest BCUT2D eigenvalue weighted by Gasteiger charge is -2.38. The molecule has 0 bridgehead atoms. The van der Waals surface area contributed by atoms with E-state index in [0.29, 0.717) is 31.3 Å². The average molecular weight is 779 g/mol. The summed E-state index contributed by atoms with van der Waals surface area (Å²) in [7, 11) is 0. The molecule has 3 fully saturated rings. The van der Waals surface area contributed by atoms with Crippen molar-refractivity contribution in [1.29, 1.82) is 0 Å². The first-order valence-electron chi connectivity index (χ1n) is 20.3. The van der Waals surface area contributed by atoms with Crippen molar-refractivity contribution in [1.82, 2.24) is 25.5 Å². The number of hydrogen-bond acceptors (Lipinski definition) is 9. The fraction of sp³-hybridized carbons (Fsp3) is 0.356. The Balaban J connectivity index is 0.750. The highest BCUT2D eigenvalue weighted by atomic mass is 32.1. The topological polar surface area (TPSA) is 123 Å². The van der Waals surface area contributed by atoms with Gasteiger partial charge in [-0.3, -0.25) is 24.8 Å². The summed E-state index contributed by atoms with van der Waals surface area (Å²) >= 11 is 1.54. The standard InChI is InChI=1S/C45H46N8O3S/c1-27-23-47-42-41-34-9-10-36(49-37(34)11-12-39(41)57-43(42)44(55)48-27)30-5-7-31(8-6-30)52-20-13-28(14-21-52)26-51-18-15-29(16-19-51)32-3-2-4-33-35(32)24-46-25-38(33)53-22-17-40(54)50-45(53)56/h2-12,24-25,27-29,47H,13-23,26H2,1H3,(H,48,55)(H,50,54,56)/t27-/m1/s1. The van der Waals surface area contributed by atoms with E-state index < -0.39 is 0 Å². The predicted octanol–water partition coefficient (Wildman–Crippen LogP) is 7.75. The first kappa shape index (κ1) is 35.8. The second kappa shape index (κ2) is 14.7. The van der Waals surface area contributed by atoms with Gasteiger partial charge in [-0.15, -0.1) is 11.3 Å². The molecule has 290 valence electrons. The van der Waals surface area contributed by atoms with Gasteiger partial charge in [-0.25, -0.2) is 9.78 Å². The number of aromatic nitrogens is 2. The number of urea groups is 1. The predicted molar refractivity (Wildman–Crippen MR) is 229 cm³/mol. The highest BCUT2D eigenvalue weighted by molar-refractivity contribution is 7.21. The van der Waals surface area contributed by atoms with Crippen LogP contribution in [0, 0.1) is 5.92 Å². The number of fused-ring (bicyclic) bond motifs is 6. The molecule has 0 radical (unpaired) electrons. The molecule has 12 heteroatoms. The summed E-state index contributed by atoms with van der Waals surface area (Å²) in [5, 5.41) is 13.3. The number of anilines is 3. The average Bonchev–Trinajstić information content (AvgIpc) is 3.56. The number of piperidine rings is 2. The van der Waals surface area contributed by atoms with E-state index in [1.807, 2.05) is 13.1 Å². The number of likely N-dealkylation sites (tertiary alicyclic amines) is 1. The molecule has 6 aromatic rings. The van der Waals surface area contributed by atoms with E-state index in [-0.39, 0.29) is 23.9 Å². The molecule has 3 saturated heterocycles. The number of nitrogens with one attached hydrogen (secondary N) is 3. The molecule has 10 rings (SSSR count). The number of rotatable bonds is 6. The Morgan fingerprint density at radius 2 is 1.65 bits per heavy atom. The monoisotopic (exact) mass is 778 g/mol. The van der Waals surface area contributed by atoms with E-state index in [4.69, 9.17) is 4.98 Å². The summed E-state index contributed by atoms with van der Waals surface area (Å²) in [6.07, 6.45) is 8.57. The van der Waals surface area contributed by atoms with Gasteiger partial charge in [0.05, 0.1) is 28.8 Å². The largest absolute Gasteiger partial charge is 0.381 e. The highest BCUT2D eigenvalue weighted by Crippen LogP contribution is 2.42. The zero-order valence-corrected chi connectivity index (χ0v) is 32.9. The third kappa shape index (κ3) is 6.74. The van der Waals surface area contributed by atoms with Crippen LogP contribution in [0.1, 0.15) is 60.2 Å². The lowest BCUT2D eigenvalue weighted by atomic mass is 9.86. The molecule has 11 nitrogen and oxygen atoms in total. The molecule has 1 atom stereocenters. The molecule has 3 aromatic heterocycles. The van der Waals surface area contributed by atoms with Crippen LogP contribution in [0.25, 0.3) is 43.0 Å². The lowest BCUT2D eigenvalue weighted by molar-refractivity contribution is -0.120. The third-order valence-electron chi connectivity index (χ3n) is 12.5. The van der Waals surface area contributed by atoms with E-state index in [2.05, 4.69) is 97.5 Å². The first-order chi connectivity index (χ1) is 27.9. The minimum atomic E-state index is -0.376. The van der Waals surface area contributed by atoms with Gasteiger partial charge < -0.3 is 20.4 Å². The quantitative estimate of drug-likeness (QED) is 0.157. The minimum absolute atomic E-state index is 0.0112. The summed E-state index contributed by atoms with van der Waals surface area (Å²) in [5.74, 6) is 0.906. The van der Waals surface area contributed by atoms with Crippen LogP contribution in [-0.2, 0) is 4.79 Å². The van der Waals surface area contributed by atoms with Gasteiger partial charge >= 0.3 is 6.03 Å². The van der Waals surface area contributed by atoms with Gasteiger partial charge in [0.25, 0.3) is 5.91 Å². The Bertz CT molecular complexity index is 2540. The van der Waals surface area contributed by atoms with E-state index in [1.165, 1.54) is 35.4 Å². The summed E-state index contributed by atoms with van der Waals surface area (Å²) in [6, 6.07) is 23.4. The van der Waals surface area contributed by atoms with E-state index in [9.17, 15) is 14.4 Å². The van der Waals surface area contributed by atoms with Crippen LogP contribution in [0.2, 0.25) is 0 Å². The molecule has 4 aliphatic heterocycles. The zero-order chi connectivity index (χ0) is 38.6. The van der Waals surface area contributed by atoms with Crippen LogP contribution in [0.15, 0.2) is 79.1 Å². The van der Waals surface area contributed by atoms with Gasteiger partial charge in [0.15, 0.2) is 0 Å². The number of thiophene rings is 1. The Morgan fingerprint density at radius 1 is 0.825 bits per heavy atom. The van der Waals surface area contributed by atoms with Crippen molar-refractivity contribution in [2.75, 3.05) is 60.9 Å². The molecule has 3 N–H and O–H groups in total. The van der Waals surface area contributed by atoms with Crippen molar-refractivity contribution in [3.05, 3.63) is 89.6 Å².